The van der Waals surface area contributed by atoms with Crippen molar-refractivity contribution in [3.63, 3.8) is 0 Å². The summed E-state index contributed by atoms with van der Waals surface area (Å²) in [6, 6.07) is 25.2. The van der Waals surface area contributed by atoms with Crippen molar-refractivity contribution in [2.45, 2.75) is 24.3 Å². The highest BCUT2D eigenvalue weighted by atomic mass is 16.6. The summed E-state index contributed by atoms with van der Waals surface area (Å²) in [7, 11) is 0. The normalized spacial score (nSPS) is 24.7. The second-order valence-corrected chi connectivity index (χ2v) is 8.73. The molecule has 6 nitrogen and oxygen atoms in total. The molecule has 0 N–H and O–H groups in total. The van der Waals surface area contributed by atoms with Gasteiger partial charge in [-0.1, -0.05) is 60.7 Å². The minimum Gasteiger partial charge on any atom is -0.465 e. The third-order valence-corrected chi connectivity index (χ3v) is 6.66. The molecule has 0 bridgehead atoms. The highest BCUT2D eigenvalue weighted by molar-refractivity contribution is 6.16. The van der Waals surface area contributed by atoms with E-state index in [-0.39, 0.29) is 10.7 Å². The molecule has 2 heterocycles. The molecule has 2 atom stereocenters. The lowest BCUT2D eigenvalue weighted by Crippen LogP contribution is -2.53. The Bertz CT molecular complexity index is 1290. The average molecular weight is 466 g/mol. The number of carbonyl (C=O) groups is 1. The second kappa shape index (κ2) is 9.06. The molecule has 4 aromatic rings. The number of hydrogen-bond acceptors (Lipinski definition) is 5. The molecule has 0 radical (unpaired) electrons. The van der Waals surface area contributed by atoms with E-state index in [0.29, 0.717) is 33.8 Å². The Morgan fingerprint density at radius 3 is 1.51 bits per heavy atom. The second-order valence-electron chi connectivity index (χ2n) is 8.73. The van der Waals surface area contributed by atoms with Crippen LogP contribution in [0, 0.1) is 10.1 Å². The van der Waals surface area contributed by atoms with Gasteiger partial charge in [-0.3, -0.25) is 14.9 Å². The molecule has 0 amide bonds. The van der Waals surface area contributed by atoms with E-state index in [1.165, 1.54) is 12.5 Å². The Morgan fingerprint density at radius 1 is 0.743 bits per heavy atom. The first kappa shape index (κ1) is 22.3. The van der Waals surface area contributed by atoms with Crippen LogP contribution < -0.4 is 0 Å². The molecule has 174 valence electrons. The average Bonchev–Trinajstić information content (AvgIpc) is 3.58. The van der Waals surface area contributed by atoms with E-state index >= 15 is 0 Å². The Morgan fingerprint density at radius 2 is 1.17 bits per heavy atom. The van der Waals surface area contributed by atoms with Gasteiger partial charge in [0.05, 0.1) is 24.4 Å². The number of hydrogen-bond donors (Lipinski definition) is 0. The van der Waals surface area contributed by atoms with Crippen molar-refractivity contribution in [2.24, 2.45) is 0 Å². The summed E-state index contributed by atoms with van der Waals surface area (Å²) in [6.07, 6.45) is 6.27. The van der Waals surface area contributed by atoms with Crippen LogP contribution in [0.5, 0.6) is 0 Å². The number of rotatable bonds is 5. The molecule has 0 spiro atoms. The summed E-state index contributed by atoms with van der Waals surface area (Å²) < 4.78 is 11.0. The first-order chi connectivity index (χ1) is 17.0. The number of nitro groups is 1. The maximum Gasteiger partial charge on any atom is 0.241 e. The first-order valence-electron chi connectivity index (χ1n) is 11.3. The Hall–Kier alpha value is -4.45. The van der Waals surface area contributed by atoms with Crippen LogP contribution in [0.4, 0.5) is 0 Å². The van der Waals surface area contributed by atoms with Gasteiger partial charge in [0.15, 0.2) is 5.78 Å². The van der Waals surface area contributed by atoms with Gasteiger partial charge in [0, 0.05) is 23.0 Å². The van der Waals surface area contributed by atoms with Crippen molar-refractivity contribution in [1.29, 1.82) is 0 Å². The van der Waals surface area contributed by atoms with Crippen molar-refractivity contribution in [3.8, 4) is 0 Å². The molecule has 0 aliphatic heterocycles. The van der Waals surface area contributed by atoms with E-state index in [1.54, 1.807) is 43.3 Å². The highest BCUT2D eigenvalue weighted by Crippen LogP contribution is 2.54. The summed E-state index contributed by atoms with van der Waals surface area (Å²) >= 11 is 0. The molecule has 2 aromatic heterocycles. The molecule has 2 aromatic carbocycles. The SMILES string of the molecule is CC1([N+](=O)[O-])C(c2ccccc2)C(=Cc2ccco2)C(=O)C(=Cc2ccco2)C1c1ccccc1. The van der Waals surface area contributed by atoms with E-state index in [9.17, 15) is 14.9 Å². The minimum absolute atomic E-state index is 0.249. The fourth-order valence-corrected chi connectivity index (χ4v) is 5.11. The summed E-state index contributed by atoms with van der Waals surface area (Å²) in [5.41, 5.74) is 0.394. The van der Waals surface area contributed by atoms with Crippen molar-refractivity contribution in [2.75, 3.05) is 0 Å². The van der Waals surface area contributed by atoms with Gasteiger partial charge in [0.25, 0.3) is 0 Å². The van der Waals surface area contributed by atoms with Crippen molar-refractivity contribution >= 4 is 17.9 Å². The van der Waals surface area contributed by atoms with Gasteiger partial charge in [0.2, 0.25) is 5.54 Å². The zero-order valence-electron chi connectivity index (χ0n) is 19.0. The molecule has 5 rings (SSSR count). The number of Topliss-reactive ketones (excluding diaryl/α,β-unsaturated/α-hetero) is 1. The van der Waals surface area contributed by atoms with Crippen LogP contribution >= 0.6 is 0 Å². The number of carbonyl (C=O) groups excluding carboxylic acids is 1. The topological polar surface area (TPSA) is 86.5 Å². The number of benzene rings is 2. The van der Waals surface area contributed by atoms with Gasteiger partial charge >= 0.3 is 0 Å². The molecule has 35 heavy (non-hydrogen) atoms. The largest absolute Gasteiger partial charge is 0.465 e. The monoisotopic (exact) mass is 465 g/mol. The maximum atomic E-state index is 14.2. The van der Waals surface area contributed by atoms with Crippen LogP contribution in [0.25, 0.3) is 12.2 Å². The summed E-state index contributed by atoms with van der Waals surface area (Å²) in [5.74, 6) is -1.02. The van der Waals surface area contributed by atoms with Crippen molar-refractivity contribution < 1.29 is 18.6 Å². The van der Waals surface area contributed by atoms with Crippen LogP contribution in [0.2, 0.25) is 0 Å². The number of nitrogens with zero attached hydrogens (tertiary/aromatic N) is 1. The van der Waals surface area contributed by atoms with Gasteiger partial charge in [-0.05, 0) is 47.5 Å². The van der Waals surface area contributed by atoms with Gasteiger partial charge < -0.3 is 8.83 Å². The molecular formula is C29H23NO5. The molecule has 1 aliphatic rings. The molecule has 1 fully saturated rings. The molecule has 1 saturated carbocycles. The van der Waals surface area contributed by atoms with Crippen LogP contribution in [-0.2, 0) is 4.79 Å². The maximum absolute atomic E-state index is 14.2. The van der Waals surface area contributed by atoms with E-state index in [0.717, 1.165) is 0 Å². The lowest BCUT2D eigenvalue weighted by molar-refractivity contribution is -0.572. The standard InChI is InChI=1S/C29H23NO5/c1-29(30(32)33)26(20-10-4-2-5-11-20)24(18-22-14-8-16-34-22)28(31)25(19-23-15-9-17-35-23)27(29)21-12-6-3-7-13-21/h2-19,26-27H,1H3. The van der Waals surface area contributed by atoms with E-state index < -0.39 is 17.4 Å². The molecular weight excluding hydrogens is 442 g/mol. The van der Waals surface area contributed by atoms with Gasteiger partial charge in [0.1, 0.15) is 11.5 Å². The lowest BCUT2D eigenvalue weighted by atomic mass is 9.58. The van der Waals surface area contributed by atoms with Gasteiger partial charge in [-0.15, -0.1) is 0 Å². The van der Waals surface area contributed by atoms with E-state index in [2.05, 4.69) is 0 Å². The van der Waals surface area contributed by atoms with Crippen LogP contribution in [0.1, 0.15) is 41.4 Å². The third kappa shape index (κ3) is 3.93. The Labute approximate surface area is 202 Å². The number of furan rings is 2. The molecule has 1 aliphatic carbocycles. The summed E-state index contributed by atoms with van der Waals surface area (Å²) in [6.45, 7) is 1.63. The first-order valence-corrected chi connectivity index (χ1v) is 11.3. The summed E-state index contributed by atoms with van der Waals surface area (Å²) in [4.78, 5) is 27.0. The van der Waals surface area contributed by atoms with Crippen molar-refractivity contribution in [3.05, 3.63) is 141 Å². The fourth-order valence-electron chi connectivity index (χ4n) is 5.11. The Kier molecular flexibility index (Phi) is 5.79. The fraction of sp³-hybridized carbons (Fsp3) is 0.138. The summed E-state index contributed by atoms with van der Waals surface area (Å²) in [5, 5.41) is 13.0. The molecule has 6 heteroatoms. The third-order valence-electron chi connectivity index (χ3n) is 6.66. The van der Waals surface area contributed by atoms with E-state index in [1.807, 2.05) is 60.7 Å². The predicted octanol–water partition coefficient (Wildman–Crippen LogP) is 6.53. The Balaban J connectivity index is 1.84. The highest BCUT2D eigenvalue weighted by Gasteiger charge is 2.61. The zero-order valence-corrected chi connectivity index (χ0v) is 19.0. The minimum atomic E-state index is -1.59. The lowest BCUT2D eigenvalue weighted by Gasteiger charge is -2.43. The van der Waals surface area contributed by atoms with Gasteiger partial charge in [-0.25, -0.2) is 0 Å². The van der Waals surface area contributed by atoms with Crippen LogP contribution in [-0.4, -0.2) is 16.2 Å². The van der Waals surface area contributed by atoms with Crippen LogP contribution in [0.15, 0.2) is 117 Å². The predicted molar refractivity (Wildman–Crippen MR) is 132 cm³/mol. The van der Waals surface area contributed by atoms with Crippen LogP contribution in [0.3, 0.4) is 0 Å². The van der Waals surface area contributed by atoms with Crippen molar-refractivity contribution in [1.82, 2.24) is 0 Å². The zero-order chi connectivity index (χ0) is 24.4. The molecule has 2 unspecified atom stereocenters. The van der Waals surface area contributed by atoms with Gasteiger partial charge in [-0.2, -0.15) is 0 Å². The van der Waals surface area contributed by atoms with E-state index in [4.69, 9.17) is 8.83 Å². The number of ketones is 1. The molecule has 0 saturated heterocycles. The smallest absolute Gasteiger partial charge is 0.241 e. The quantitative estimate of drug-likeness (QED) is 0.190.